The summed E-state index contributed by atoms with van der Waals surface area (Å²) in [4.78, 5) is 21.6. The van der Waals surface area contributed by atoms with E-state index in [0.29, 0.717) is 21.9 Å². The van der Waals surface area contributed by atoms with Crippen molar-refractivity contribution in [3.63, 3.8) is 0 Å². The number of epoxide rings is 2. The molecule has 4 saturated heterocycles. The Balaban J connectivity index is 1.40. The first kappa shape index (κ1) is 15.0. The molecule has 3 unspecified atom stereocenters. The van der Waals surface area contributed by atoms with Crippen molar-refractivity contribution in [2.75, 3.05) is 0 Å². The fraction of sp³-hybridized carbons (Fsp3) is 0.400. The van der Waals surface area contributed by atoms with Crippen molar-refractivity contribution in [3.8, 4) is 11.5 Å². The minimum Gasteiger partial charge on any atom is -0.507 e. The molecular weight excluding hydrogens is 420 g/mol. The first-order chi connectivity index (χ1) is 14.6. The molecule has 0 radical (unpaired) electrons. The molecule has 0 amide bonds. The van der Waals surface area contributed by atoms with Crippen molar-refractivity contribution in [1.82, 2.24) is 0 Å². The predicted octanol–water partition coefficient (Wildman–Crippen LogP) is 1.66. The maximum Gasteiger partial charge on any atom is 0.291 e. The van der Waals surface area contributed by atoms with Crippen LogP contribution in [0.2, 0.25) is 5.02 Å². The number of aromatic hydroxyl groups is 1. The third-order valence-corrected chi connectivity index (χ3v) is 7.92. The second kappa shape index (κ2) is 3.74. The Hall–Kier alpha value is -1.95. The summed E-state index contributed by atoms with van der Waals surface area (Å²) in [6.07, 6.45) is -1.63. The molecule has 6 aliphatic heterocycles. The van der Waals surface area contributed by atoms with E-state index in [-0.39, 0.29) is 11.9 Å². The van der Waals surface area contributed by atoms with E-state index in [1.807, 2.05) is 12.1 Å². The van der Waals surface area contributed by atoms with Crippen LogP contribution >= 0.6 is 11.6 Å². The van der Waals surface area contributed by atoms with Gasteiger partial charge in [0.1, 0.15) is 17.6 Å². The molecule has 0 aromatic heterocycles. The van der Waals surface area contributed by atoms with Gasteiger partial charge < -0.3 is 24.1 Å². The second-order valence-corrected chi connectivity index (χ2v) is 9.38. The number of halogens is 1. The molecule has 4 spiro atoms. The maximum absolute atomic E-state index is 10.8. The lowest BCUT2D eigenvalue weighted by Gasteiger charge is -2.44. The number of phenols is 1. The van der Waals surface area contributed by atoms with Gasteiger partial charge in [0.2, 0.25) is 0 Å². The molecule has 10 rings (SSSR count). The molecule has 4 fully saturated rings. The van der Waals surface area contributed by atoms with Gasteiger partial charge in [-0.2, -0.15) is 19.6 Å². The number of benzene rings is 2. The van der Waals surface area contributed by atoms with Crippen LogP contribution in [-0.4, -0.2) is 29.5 Å². The number of ether oxygens (including phenoxy) is 4. The summed E-state index contributed by atoms with van der Waals surface area (Å²) in [7, 11) is 0. The third-order valence-electron chi connectivity index (χ3n) is 7.70. The van der Waals surface area contributed by atoms with Gasteiger partial charge in [0.05, 0.1) is 5.56 Å². The molecule has 150 valence electrons. The smallest absolute Gasteiger partial charge is 0.291 e. The molecule has 1 N–H and O–H groups in total. The molecule has 2 aromatic rings. The van der Waals surface area contributed by atoms with Gasteiger partial charge >= 0.3 is 0 Å². The zero-order valence-electron chi connectivity index (χ0n) is 14.7. The van der Waals surface area contributed by atoms with Gasteiger partial charge in [-0.3, -0.25) is 0 Å². The highest BCUT2D eigenvalue weighted by atomic mass is 35.5. The van der Waals surface area contributed by atoms with E-state index in [1.165, 1.54) is 0 Å². The second-order valence-electron chi connectivity index (χ2n) is 8.94. The van der Waals surface area contributed by atoms with Crippen molar-refractivity contribution in [2.45, 2.75) is 47.4 Å². The van der Waals surface area contributed by atoms with E-state index in [1.54, 1.807) is 12.1 Å². The van der Waals surface area contributed by atoms with E-state index in [0.717, 1.165) is 16.7 Å². The number of rotatable bonds is 0. The van der Waals surface area contributed by atoms with Crippen LogP contribution in [0.15, 0.2) is 24.3 Å². The molecule has 30 heavy (non-hydrogen) atoms. The molecule has 2 aliphatic carbocycles. The Bertz CT molecular complexity index is 1300. The van der Waals surface area contributed by atoms with Crippen molar-refractivity contribution < 1.29 is 43.6 Å². The van der Waals surface area contributed by atoms with E-state index in [4.69, 9.17) is 50.1 Å². The number of fused-ring (bicyclic) bond motifs is 6. The van der Waals surface area contributed by atoms with Crippen molar-refractivity contribution >= 4 is 11.6 Å². The third kappa shape index (κ3) is 1.17. The lowest BCUT2D eigenvalue weighted by Crippen LogP contribution is -2.53. The van der Waals surface area contributed by atoms with Gasteiger partial charge in [-0.25, -0.2) is 0 Å². The van der Waals surface area contributed by atoms with Crippen LogP contribution in [0.3, 0.4) is 0 Å². The highest BCUT2D eigenvalue weighted by molar-refractivity contribution is 6.30. The first-order valence-corrected chi connectivity index (χ1v) is 10.1. The zero-order chi connectivity index (χ0) is 19.4. The quantitative estimate of drug-likeness (QED) is 0.494. The van der Waals surface area contributed by atoms with E-state index in [2.05, 4.69) is 0 Å². The average molecular weight is 429 g/mol. The molecular formula is C20H9ClO9. The summed E-state index contributed by atoms with van der Waals surface area (Å²) < 4.78 is 25.4. The Morgan fingerprint density at radius 2 is 1.47 bits per heavy atom. The van der Waals surface area contributed by atoms with Crippen LogP contribution in [0.25, 0.3) is 0 Å². The van der Waals surface area contributed by atoms with E-state index >= 15 is 0 Å². The average Bonchev–Trinajstić information content (AvgIpc) is 3.58. The summed E-state index contributed by atoms with van der Waals surface area (Å²) in [5.74, 6) is -2.75. The summed E-state index contributed by atoms with van der Waals surface area (Å²) in [5, 5.41) is 11.3. The SMILES string of the molecule is Oc1ccc2c3c1C1(OO1)C1O[C@H]1C31O[C@@]3(O2)c2c(cc(Cl)cc21)C1(OO1)C1O[C@H]13. The normalized spacial score (nSPS) is 45.8. The Kier molecular flexibility index (Phi) is 1.86. The Morgan fingerprint density at radius 3 is 2.27 bits per heavy atom. The molecule has 6 atom stereocenters. The van der Waals surface area contributed by atoms with Gasteiger partial charge in [0.25, 0.3) is 17.4 Å². The van der Waals surface area contributed by atoms with Gasteiger partial charge in [0.15, 0.2) is 23.9 Å². The predicted molar refractivity (Wildman–Crippen MR) is 88.7 cm³/mol. The largest absolute Gasteiger partial charge is 0.507 e. The zero-order valence-corrected chi connectivity index (χ0v) is 15.5. The van der Waals surface area contributed by atoms with Crippen LogP contribution in [0.1, 0.15) is 27.8 Å². The van der Waals surface area contributed by atoms with Crippen molar-refractivity contribution in [1.29, 1.82) is 0 Å². The van der Waals surface area contributed by atoms with Gasteiger partial charge in [-0.15, -0.1) is 0 Å². The number of hydrogen-bond acceptors (Lipinski definition) is 9. The first-order valence-electron chi connectivity index (χ1n) is 9.71. The standard InChI is InChI=1S/C20H9ClO9/c21-5-3-6-10-7(4-5)18(27-28-18)15-16(24-15)19(10)25-9-2-1-8(22)11-12(9)17(6,26-19)13-14(23-13)20(11)29-30-20/h1-4,13-16,22H/t13-,14?,15?,16-,17?,19+/m1/s1. The fourth-order valence-electron chi connectivity index (χ4n) is 6.46. The molecule has 2 aromatic carbocycles. The van der Waals surface area contributed by atoms with Crippen LogP contribution < -0.4 is 4.74 Å². The van der Waals surface area contributed by atoms with E-state index in [9.17, 15) is 5.11 Å². The maximum atomic E-state index is 10.8. The highest BCUT2D eigenvalue weighted by Gasteiger charge is 2.89. The molecule has 8 aliphatic rings. The van der Waals surface area contributed by atoms with Crippen LogP contribution in [0.5, 0.6) is 11.5 Å². The van der Waals surface area contributed by atoms with Gasteiger partial charge in [0, 0.05) is 27.3 Å². The Morgan fingerprint density at radius 1 is 0.767 bits per heavy atom. The molecule has 6 heterocycles. The topological polar surface area (TPSA) is 114 Å². The summed E-state index contributed by atoms with van der Waals surface area (Å²) >= 11 is 6.56. The summed E-state index contributed by atoms with van der Waals surface area (Å²) in [5.41, 5.74) is 2.35. The minimum absolute atomic E-state index is 0.0238. The molecule has 0 saturated carbocycles. The summed E-state index contributed by atoms with van der Waals surface area (Å²) in [6, 6.07) is 6.96. The summed E-state index contributed by atoms with van der Waals surface area (Å²) in [6.45, 7) is 0. The van der Waals surface area contributed by atoms with Gasteiger partial charge in [-0.1, -0.05) is 11.6 Å². The van der Waals surface area contributed by atoms with Crippen LogP contribution in [-0.2, 0) is 56.7 Å². The number of hydrogen-bond donors (Lipinski definition) is 1. The minimum atomic E-state index is -1.19. The van der Waals surface area contributed by atoms with Crippen LogP contribution in [0, 0.1) is 0 Å². The number of phenolic OH excluding ortho intramolecular Hbond substituents is 1. The Labute approximate surface area is 171 Å². The lowest BCUT2D eigenvalue weighted by molar-refractivity contribution is -0.265. The van der Waals surface area contributed by atoms with Gasteiger partial charge in [-0.05, 0) is 24.3 Å². The molecule has 9 nitrogen and oxygen atoms in total. The lowest BCUT2D eigenvalue weighted by atomic mass is 9.71. The van der Waals surface area contributed by atoms with E-state index < -0.39 is 41.3 Å². The molecule has 2 bridgehead atoms. The van der Waals surface area contributed by atoms with Crippen molar-refractivity contribution in [3.05, 3.63) is 57.1 Å². The fourth-order valence-corrected chi connectivity index (χ4v) is 6.67. The highest BCUT2D eigenvalue weighted by Crippen LogP contribution is 2.77. The van der Waals surface area contributed by atoms with Crippen molar-refractivity contribution in [2.24, 2.45) is 0 Å². The van der Waals surface area contributed by atoms with Crippen LogP contribution in [0.4, 0.5) is 0 Å². The molecule has 10 heteroatoms. The monoisotopic (exact) mass is 428 g/mol.